The second-order valence-corrected chi connectivity index (χ2v) is 5.39. The lowest BCUT2D eigenvalue weighted by atomic mass is 9.95. The molecular weight excluding hydrogens is 186 g/mol. The van der Waals surface area contributed by atoms with Gasteiger partial charge in [0, 0.05) is 17.8 Å². The molecule has 15 heavy (non-hydrogen) atoms. The molecule has 0 radical (unpaired) electrons. The van der Waals surface area contributed by atoms with E-state index >= 15 is 0 Å². The monoisotopic (exact) mass is 207 g/mol. The molecule has 84 valence electrons. The fourth-order valence-corrected chi connectivity index (χ4v) is 2.73. The van der Waals surface area contributed by atoms with Crippen LogP contribution >= 0.6 is 0 Å². The van der Waals surface area contributed by atoms with Crippen molar-refractivity contribution in [2.24, 2.45) is 11.1 Å². The Kier molecular flexibility index (Phi) is 2.03. The van der Waals surface area contributed by atoms with Crippen LogP contribution in [0.25, 0.3) is 0 Å². The van der Waals surface area contributed by atoms with Crippen molar-refractivity contribution < 1.29 is 0 Å². The quantitative estimate of drug-likeness (QED) is 0.807. The van der Waals surface area contributed by atoms with Crippen molar-refractivity contribution in [2.45, 2.75) is 53.1 Å². The van der Waals surface area contributed by atoms with Gasteiger partial charge in [0.2, 0.25) is 0 Å². The lowest BCUT2D eigenvalue weighted by Crippen LogP contribution is -2.27. The molecule has 0 amide bonds. The van der Waals surface area contributed by atoms with Crippen molar-refractivity contribution >= 4 is 0 Å². The van der Waals surface area contributed by atoms with E-state index < -0.39 is 0 Å². The lowest BCUT2D eigenvalue weighted by molar-refractivity contribution is 0.505. The summed E-state index contributed by atoms with van der Waals surface area (Å²) in [7, 11) is 0. The molecule has 0 saturated heterocycles. The van der Waals surface area contributed by atoms with E-state index in [1.54, 1.807) is 0 Å². The Hall–Kier alpha value is -0.830. The average Bonchev–Trinajstić information content (AvgIpc) is 2.49. The van der Waals surface area contributed by atoms with Gasteiger partial charge < -0.3 is 5.73 Å². The van der Waals surface area contributed by atoms with Crippen molar-refractivity contribution in [3.8, 4) is 0 Å². The van der Waals surface area contributed by atoms with Crippen LogP contribution in [-0.2, 0) is 12.1 Å². The molecule has 3 nitrogen and oxygen atoms in total. The van der Waals surface area contributed by atoms with E-state index in [4.69, 9.17) is 5.73 Å². The van der Waals surface area contributed by atoms with Crippen LogP contribution in [-0.4, -0.2) is 9.78 Å². The van der Waals surface area contributed by atoms with Gasteiger partial charge in [-0.1, -0.05) is 13.8 Å². The minimum Gasteiger partial charge on any atom is -0.321 e. The third kappa shape index (κ3) is 1.26. The number of nitrogens with zero attached hydrogens (tertiary/aromatic N) is 2. The molecule has 1 saturated carbocycles. The summed E-state index contributed by atoms with van der Waals surface area (Å²) in [5.74, 6) is 0. The van der Waals surface area contributed by atoms with E-state index in [9.17, 15) is 0 Å². The maximum atomic E-state index is 6.46. The van der Waals surface area contributed by atoms with Gasteiger partial charge in [0.15, 0.2) is 0 Å². The van der Waals surface area contributed by atoms with E-state index in [1.807, 2.05) is 4.68 Å². The molecule has 0 bridgehead atoms. The maximum absolute atomic E-state index is 6.46. The second-order valence-electron chi connectivity index (χ2n) is 5.39. The number of nitrogens with two attached hydrogens (primary N) is 1. The highest BCUT2D eigenvalue weighted by atomic mass is 15.3. The first-order valence-corrected chi connectivity index (χ1v) is 5.67. The van der Waals surface area contributed by atoms with Crippen molar-refractivity contribution in [3.63, 3.8) is 0 Å². The minimum absolute atomic E-state index is 0.144. The van der Waals surface area contributed by atoms with Crippen LogP contribution in [0.3, 0.4) is 0 Å². The molecule has 1 aromatic rings. The van der Waals surface area contributed by atoms with Crippen LogP contribution in [0.15, 0.2) is 0 Å². The first kappa shape index (κ1) is 10.7. The highest BCUT2D eigenvalue weighted by Crippen LogP contribution is 2.61. The molecule has 0 aromatic carbocycles. The van der Waals surface area contributed by atoms with Gasteiger partial charge in [-0.3, -0.25) is 4.68 Å². The molecule has 2 N–H and O–H groups in total. The van der Waals surface area contributed by atoms with Crippen LogP contribution in [0.4, 0.5) is 0 Å². The van der Waals surface area contributed by atoms with Gasteiger partial charge in [-0.25, -0.2) is 0 Å². The molecule has 1 fully saturated rings. The van der Waals surface area contributed by atoms with Gasteiger partial charge >= 0.3 is 0 Å². The van der Waals surface area contributed by atoms with Crippen LogP contribution in [0.1, 0.15) is 44.1 Å². The van der Waals surface area contributed by atoms with E-state index in [0.29, 0.717) is 0 Å². The Bertz CT molecular complexity index is 403. The molecule has 1 unspecified atom stereocenters. The summed E-state index contributed by atoms with van der Waals surface area (Å²) in [6.07, 6.45) is 1.07. The summed E-state index contributed by atoms with van der Waals surface area (Å²) in [4.78, 5) is 0. The minimum atomic E-state index is -0.144. The number of hydrogen-bond acceptors (Lipinski definition) is 2. The van der Waals surface area contributed by atoms with Crippen molar-refractivity contribution in [1.82, 2.24) is 9.78 Å². The summed E-state index contributed by atoms with van der Waals surface area (Å²) in [5.41, 5.74) is 10.2. The fraction of sp³-hybridized carbons (Fsp3) is 0.750. The van der Waals surface area contributed by atoms with Crippen molar-refractivity contribution in [1.29, 1.82) is 0 Å². The van der Waals surface area contributed by atoms with Crippen LogP contribution in [0.2, 0.25) is 0 Å². The molecule has 1 heterocycles. The van der Waals surface area contributed by atoms with Crippen LogP contribution in [0.5, 0.6) is 0 Å². The lowest BCUT2D eigenvalue weighted by Gasteiger charge is -2.16. The van der Waals surface area contributed by atoms with Gasteiger partial charge in [-0.15, -0.1) is 0 Å². The predicted octanol–water partition coefficient (Wildman–Crippen LogP) is 2.10. The standard InChI is InChI=1S/C12H21N3/c1-6-15-9(3)10(8(2)14-15)12(13)7-11(12,4)5/h6-7,13H2,1-5H3. The van der Waals surface area contributed by atoms with Crippen molar-refractivity contribution in [3.05, 3.63) is 17.0 Å². The van der Waals surface area contributed by atoms with Crippen molar-refractivity contribution in [2.75, 3.05) is 0 Å². The van der Waals surface area contributed by atoms with Gasteiger partial charge in [-0.2, -0.15) is 5.10 Å². The Labute approximate surface area is 91.7 Å². The molecule has 3 heteroatoms. The molecular formula is C12H21N3. The third-order valence-electron chi connectivity index (χ3n) is 3.93. The summed E-state index contributed by atoms with van der Waals surface area (Å²) in [5, 5.41) is 4.54. The van der Waals surface area contributed by atoms with Gasteiger partial charge in [0.05, 0.1) is 11.2 Å². The zero-order valence-electron chi connectivity index (χ0n) is 10.4. The molecule has 1 atom stereocenters. The number of aromatic nitrogens is 2. The summed E-state index contributed by atoms with van der Waals surface area (Å²) in [6, 6.07) is 0. The molecule has 1 aromatic heterocycles. The first-order valence-electron chi connectivity index (χ1n) is 5.67. The smallest absolute Gasteiger partial charge is 0.0647 e. The topological polar surface area (TPSA) is 43.8 Å². The highest BCUT2D eigenvalue weighted by molar-refractivity contribution is 5.41. The highest BCUT2D eigenvalue weighted by Gasteiger charge is 2.61. The van der Waals surface area contributed by atoms with E-state index in [1.165, 1.54) is 11.3 Å². The second kappa shape index (κ2) is 2.85. The number of hydrogen-bond donors (Lipinski definition) is 1. The molecule has 0 aliphatic heterocycles. The number of aryl methyl sites for hydroxylation is 2. The average molecular weight is 207 g/mol. The molecule has 1 aliphatic carbocycles. The van der Waals surface area contributed by atoms with Crippen LogP contribution in [0, 0.1) is 19.3 Å². The number of rotatable bonds is 2. The van der Waals surface area contributed by atoms with Gasteiger partial charge in [-0.05, 0) is 32.6 Å². The van der Waals surface area contributed by atoms with Gasteiger partial charge in [0.1, 0.15) is 0 Å². The largest absolute Gasteiger partial charge is 0.321 e. The first-order chi connectivity index (χ1) is 6.83. The maximum Gasteiger partial charge on any atom is 0.0647 e. The Morgan fingerprint density at radius 3 is 2.27 bits per heavy atom. The van der Waals surface area contributed by atoms with Gasteiger partial charge in [0.25, 0.3) is 0 Å². The van der Waals surface area contributed by atoms with E-state index in [-0.39, 0.29) is 11.0 Å². The summed E-state index contributed by atoms with van der Waals surface area (Å²) in [6.45, 7) is 11.7. The third-order valence-corrected chi connectivity index (χ3v) is 3.93. The SMILES string of the molecule is CCn1nc(C)c(C2(N)CC2(C)C)c1C. The Morgan fingerprint density at radius 1 is 1.40 bits per heavy atom. The van der Waals surface area contributed by atoms with E-state index in [2.05, 4.69) is 39.7 Å². The Balaban J connectivity index is 2.51. The van der Waals surface area contributed by atoms with Crippen LogP contribution < -0.4 is 5.73 Å². The summed E-state index contributed by atoms with van der Waals surface area (Å²) >= 11 is 0. The normalized spacial score (nSPS) is 28.1. The fourth-order valence-electron chi connectivity index (χ4n) is 2.73. The summed E-state index contributed by atoms with van der Waals surface area (Å²) < 4.78 is 2.05. The predicted molar refractivity (Wildman–Crippen MR) is 61.6 cm³/mol. The Morgan fingerprint density at radius 2 is 1.93 bits per heavy atom. The zero-order chi connectivity index (χ0) is 11.4. The molecule has 2 rings (SSSR count). The van der Waals surface area contributed by atoms with E-state index in [0.717, 1.165) is 18.7 Å². The zero-order valence-corrected chi connectivity index (χ0v) is 10.4. The molecule has 1 aliphatic rings. The molecule has 0 spiro atoms.